The molecule has 0 unspecified atom stereocenters. The van der Waals surface area contributed by atoms with E-state index >= 15 is 0 Å². The van der Waals surface area contributed by atoms with Crippen molar-refractivity contribution in [2.24, 2.45) is 0 Å². The number of esters is 1. The molecule has 16 heavy (non-hydrogen) atoms. The molecule has 2 aromatic heterocycles. The Morgan fingerprint density at radius 3 is 3.19 bits per heavy atom. The summed E-state index contributed by atoms with van der Waals surface area (Å²) in [4.78, 5) is 22.3. The van der Waals surface area contributed by atoms with Gasteiger partial charge in [-0.2, -0.15) is 0 Å². The van der Waals surface area contributed by atoms with E-state index in [4.69, 9.17) is 16.3 Å². The Morgan fingerprint density at radius 2 is 2.44 bits per heavy atom. The maximum Gasteiger partial charge on any atom is 0.313 e. The van der Waals surface area contributed by atoms with Gasteiger partial charge >= 0.3 is 5.97 Å². The van der Waals surface area contributed by atoms with Crippen molar-refractivity contribution in [2.45, 2.75) is 13.3 Å². The average Bonchev–Trinajstić information content (AvgIpc) is 2.59. The van der Waals surface area contributed by atoms with Crippen LogP contribution in [0.5, 0.6) is 0 Å². The van der Waals surface area contributed by atoms with E-state index in [1.54, 1.807) is 19.2 Å². The zero-order chi connectivity index (χ0) is 11.5. The number of pyridine rings is 1. The van der Waals surface area contributed by atoms with Crippen LogP contribution < -0.4 is 0 Å². The minimum atomic E-state index is -0.305. The van der Waals surface area contributed by atoms with E-state index in [2.05, 4.69) is 15.0 Å². The molecule has 0 aliphatic carbocycles. The van der Waals surface area contributed by atoms with Crippen LogP contribution in [0, 0.1) is 0 Å². The number of carbonyl (C=O) groups is 1. The zero-order valence-corrected chi connectivity index (χ0v) is 9.41. The van der Waals surface area contributed by atoms with Crippen molar-refractivity contribution in [1.29, 1.82) is 0 Å². The topological polar surface area (TPSA) is 67.9 Å². The van der Waals surface area contributed by atoms with Crippen LogP contribution in [0.25, 0.3) is 11.0 Å². The van der Waals surface area contributed by atoms with E-state index in [0.717, 1.165) is 5.52 Å². The second-order valence-electron chi connectivity index (χ2n) is 3.19. The molecular weight excluding hydrogens is 230 g/mol. The van der Waals surface area contributed by atoms with Gasteiger partial charge in [0.05, 0.1) is 18.3 Å². The minimum Gasteiger partial charge on any atom is -0.466 e. The van der Waals surface area contributed by atoms with Crippen LogP contribution in [0.3, 0.4) is 0 Å². The normalized spacial score (nSPS) is 10.6. The van der Waals surface area contributed by atoms with E-state index < -0.39 is 0 Å². The lowest BCUT2D eigenvalue weighted by Crippen LogP contribution is -2.08. The number of nitrogens with one attached hydrogen (secondary N) is 1. The number of nitrogens with zero attached hydrogens (tertiary/aromatic N) is 2. The molecule has 1 N–H and O–H groups in total. The Balaban J connectivity index is 2.23. The van der Waals surface area contributed by atoms with Gasteiger partial charge in [0.15, 0.2) is 0 Å². The first-order valence-electron chi connectivity index (χ1n) is 4.85. The van der Waals surface area contributed by atoms with Crippen LogP contribution in [0.1, 0.15) is 12.7 Å². The summed E-state index contributed by atoms with van der Waals surface area (Å²) < 4.78 is 4.82. The second kappa shape index (κ2) is 4.49. The Morgan fingerprint density at radius 1 is 1.62 bits per heavy atom. The average molecular weight is 240 g/mol. The molecule has 5 nitrogen and oxygen atoms in total. The van der Waals surface area contributed by atoms with Crippen molar-refractivity contribution in [2.75, 3.05) is 6.61 Å². The summed E-state index contributed by atoms with van der Waals surface area (Å²) in [5.41, 5.74) is 1.45. The molecule has 0 saturated heterocycles. The number of rotatable bonds is 3. The molecule has 0 amide bonds. The lowest BCUT2D eigenvalue weighted by Gasteiger charge is -1.97. The lowest BCUT2D eigenvalue weighted by molar-refractivity contribution is -0.142. The zero-order valence-electron chi connectivity index (χ0n) is 8.66. The molecule has 0 radical (unpaired) electrons. The molecule has 0 aromatic carbocycles. The van der Waals surface area contributed by atoms with E-state index in [1.807, 2.05) is 0 Å². The molecule has 0 fully saturated rings. The maximum absolute atomic E-state index is 11.2. The molecule has 6 heteroatoms. The second-order valence-corrected chi connectivity index (χ2v) is 3.58. The van der Waals surface area contributed by atoms with Crippen molar-refractivity contribution in [3.63, 3.8) is 0 Å². The molecule has 0 aliphatic heterocycles. The van der Waals surface area contributed by atoms with Crippen LogP contribution in [-0.2, 0) is 16.0 Å². The Kier molecular flexibility index (Phi) is 3.05. The van der Waals surface area contributed by atoms with Crippen molar-refractivity contribution in [3.05, 3.63) is 23.2 Å². The standard InChI is InChI=1S/C10H10ClN3O2/c1-2-16-10(15)4-9-13-6-3-8(11)12-5-7(6)14-9/h3,5H,2,4H2,1H3,(H,13,14). The quantitative estimate of drug-likeness (QED) is 0.654. The molecule has 84 valence electrons. The van der Waals surface area contributed by atoms with Gasteiger partial charge in [0.2, 0.25) is 0 Å². The van der Waals surface area contributed by atoms with Crippen LogP contribution in [0.4, 0.5) is 0 Å². The molecule has 0 bridgehead atoms. The Bertz CT molecular complexity index is 524. The van der Waals surface area contributed by atoms with Crippen molar-refractivity contribution in [3.8, 4) is 0 Å². The van der Waals surface area contributed by atoms with Crippen LogP contribution in [0.2, 0.25) is 5.15 Å². The highest BCUT2D eigenvalue weighted by Gasteiger charge is 2.09. The minimum absolute atomic E-state index is 0.125. The third kappa shape index (κ3) is 2.30. The molecule has 2 rings (SSSR count). The van der Waals surface area contributed by atoms with E-state index in [-0.39, 0.29) is 12.4 Å². The summed E-state index contributed by atoms with van der Waals surface area (Å²) in [6.07, 6.45) is 1.68. The summed E-state index contributed by atoms with van der Waals surface area (Å²) in [5, 5.41) is 0.388. The number of carbonyl (C=O) groups excluding carboxylic acids is 1. The van der Waals surface area contributed by atoms with Gasteiger partial charge in [0, 0.05) is 6.07 Å². The summed E-state index contributed by atoms with van der Waals surface area (Å²) in [6.45, 7) is 2.13. The first-order valence-corrected chi connectivity index (χ1v) is 5.22. The van der Waals surface area contributed by atoms with Gasteiger partial charge < -0.3 is 9.72 Å². The number of aromatic nitrogens is 3. The third-order valence-corrected chi connectivity index (χ3v) is 2.21. The number of fused-ring (bicyclic) bond motifs is 1. The monoisotopic (exact) mass is 239 g/mol. The van der Waals surface area contributed by atoms with Gasteiger partial charge in [-0.15, -0.1) is 0 Å². The molecule has 0 aliphatic rings. The van der Waals surface area contributed by atoms with Crippen LogP contribution in [0.15, 0.2) is 12.3 Å². The molecule has 0 saturated carbocycles. The fourth-order valence-electron chi connectivity index (χ4n) is 1.37. The number of aromatic amines is 1. The van der Waals surface area contributed by atoms with Crippen LogP contribution in [-0.4, -0.2) is 27.5 Å². The van der Waals surface area contributed by atoms with Crippen molar-refractivity contribution < 1.29 is 9.53 Å². The highest BCUT2D eigenvalue weighted by Crippen LogP contribution is 2.14. The molecule has 2 aromatic rings. The fourth-order valence-corrected chi connectivity index (χ4v) is 1.53. The summed E-state index contributed by atoms with van der Waals surface area (Å²) in [7, 11) is 0. The molecular formula is C10H10ClN3O2. The van der Waals surface area contributed by atoms with E-state index in [9.17, 15) is 4.79 Å². The van der Waals surface area contributed by atoms with Gasteiger partial charge in [0.25, 0.3) is 0 Å². The number of imidazole rings is 1. The first-order chi connectivity index (χ1) is 7.69. The molecule has 0 atom stereocenters. The number of ether oxygens (including phenoxy) is 1. The summed E-state index contributed by atoms with van der Waals surface area (Å²) >= 11 is 5.73. The Labute approximate surface area is 96.8 Å². The van der Waals surface area contributed by atoms with E-state index in [1.165, 1.54) is 0 Å². The van der Waals surface area contributed by atoms with Gasteiger partial charge in [-0.05, 0) is 6.92 Å². The number of hydrogen-bond acceptors (Lipinski definition) is 4. The predicted octanol–water partition coefficient (Wildman–Crippen LogP) is 1.72. The van der Waals surface area contributed by atoms with Gasteiger partial charge in [-0.25, -0.2) is 9.97 Å². The predicted molar refractivity (Wildman–Crippen MR) is 59.2 cm³/mol. The SMILES string of the molecule is CCOC(=O)Cc1nc2cnc(Cl)cc2[nH]1. The van der Waals surface area contributed by atoms with Crippen molar-refractivity contribution in [1.82, 2.24) is 15.0 Å². The third-order valence-electron chi connectivity index (χ3n) is 2.00. The highest BCUT2D eigenvalue weighted by atomic mass is 35.5. The number of hydrogen-bond donors (Lipinski definition) is 1. The smallest absolute Gasteiger partial charge is 0.313 e. The number of halogens is 1. The number of H-pyrrole nitrogens is 1. The summed E-state index contributed by atoms with van der Waals surface area (Å²) in [6, 6.07) is 1.67. The van der Waals surface area contributed by atoms with Crippen LogP contribution >= 0.6 is 11.6 Å². The van der Waals surface area contributed by atoms with Gasteiger partial charge in [-0.3, -0.25) is 4.79 Å². The van der Waals surface area contributed by atoms with Crippen molar-refractivity contribution >= 4 is 28.6 Å². The first kappa shape index (κ1) is 10.9. The van der Waals surface area contributed by atoms with E-state index in [0.29, 0.717) is 23.1 Å². The fraction of sp³-hybridized carbons (Fsp3) is 0.300. The molecule has 0 spiro atoms. The lowest BCUT2D eigenvalue weighted by atomic mass is 10.4. The molecule has 2 heterocycles. The maximum atomic E-state index is 11.2. The summed E-state index contributed by atoms with van der Waals surface area (Å²) in [5.74, 6) is 0.248. The highest BCUT2D eigenvalue weighted by molar-refractivity contribution is 6.29. The Hall–Kier alpha value is -1.62. The van der Waals surface area contributed by atoms with Gasteiger partial charge in [0.1, 0.15) is 22.9 Å². The largest absolute Gasteiger partial charge is 0.466 e. The van der Waals surface area contributed by atoms with Gasteiger partial charge in [-0.1, -0.05) is 11.6 Å².